The number of fused-ring (bicyclic) bond motifs is 1. The Bertz CT molecular complexity index is 897. The van der Waals surface area contributed by atoms with Crippen LogP contribution < -0.4 is 5.56 Å². The zero-order valence-corrected chi connectivity index (χ0v) is 12.9. The molecule has 1 aliphatic carbocycles. The van der Waals surface area contributed by atoms with E-state index < -0.39 is 0 Å². The van der Waals surface area contributed by atoms with Crippen LogP contribution in [0.3, 0.4) is 0 Å². The molecule has 1 aromatic heterocycles. The first kappa shape index (κ1) is 13.9. The molecule has 0 atom stereocenters. The lowest BCUT2D eigenvalue weighted by molar-refractivity contribution is 0.657. The van der Waals surface area contributed by atoms with Crippen molar-refractivity contribution in [3.8, 4) is 22.5 Å². The molecule has 2 aromatic carbocycles. The maximum Gasteiger partial charge on any atom is 0.254 e. The van der Waals surface area contributed by atoms with E-state index in [2.05, 4.69) is 23.2 Å². The number of aromatic amines is 1. The number of benzene rings is 2. The lowest BCUT2D eigenvalue weighted by Crippen LogP contribution is -2.21. The van der Waals surface area contributed by atoms with E-state index in [1.165, 1.54) is 0 Å². The number of aromatic nitrogens is 2. The fourth-order valence-corrected chi connectivity index (χ4v) is 3.29. The summed E-state index contributed by atoms with van der Waals surface area (Å²) in [6.07, 6.45) is 3.94. The number of nitrogens with one attached hydrogen (secondary N) is 1. The van der Waals surface area contributed by atoms with E-state index in [1.54, 1.807) is 0 Å². The van der Waals surface area contributed by atoms with Gasteiger partial charge in [-0.2, -0.15) is 0 Å². The van der Waals surface area contributed by atoms with Crippen LogP contribution in [-0.4, -0.2) is 9.97 Å². The first-order valence-corrected chi connectivity index (χ1v) is 8.10. The Kier molecular flexibility index (Phi) is 3.54. The van der Waals surface area contributed by atoms with Crippen molar-refractivity contribution in [1.29, 1.82) is 0 Å². The highest BCUT2D eigenvalue weighted by Crippen LogP contribution is 2.30. The molecule has 0 saturated heterocycles. The Labute approximate surface area is 135 Å². The lowest BCUT2D eigenvalue weighted by Gasteiger charge is -2.16. The van der Waals surface area contributed by atoms with E-state index >= 15 is 0 Å². The summed E-state index contributed by atoms with van der Waals surface area (Å²) in [6, 6.07) is 18.3. The van der Waals surface area contributed by atoms with Crippen LogP contribution in [0.25, 0.3) is 22.5 Å². The Morgan fingerprint density at radius 3 is 2.35 bits per heavy atom. The van der Waals surface area contributed by atoms with E-state index in [4.69, 9.17) is 4.98 Å². The Morgan fingerprint density at radius 2 is 1.52 bits per heavy atom. The van der Waals surface area contributed by atoms with Gasteiger partial charge in [-0.05, 0) is 36.8 Å². The molecule has 0 bridgehead atoms. The molecule has 0 spiro atoms. The summed E-state index contributed by atoms with van der Waals surface area (Å²) in [5, 5.41) is 0. The van der Waals surface area contributed by atoms with Crippen LogP contribution in [0.5, 0.6) is 0 Å². The molecule has 3 aromatic rings. The van der Waals surface area contributed by atoms with Crippen molar-refractivity contribution in [3.05, 3.63) is 76.2 Å². The first-order valence-electron chi connectivity index (χ1n) is 8.10. The van der Waals surface area contributed by atoms with Gasteiger partial charge in [0.25, 0.3) is 5.56 Å². The second-order valence-electron chi connectivity index (χ2n) is 5.96. The van der Waals surface area contributed by atoms with E-state index in [-0.39, 0.29) is 5.56 Å². The van der Waals surface area contributed by atoms with Crippen LogP contribution >= 0.6 is 0 Å². The molecular formula is C20H18N2O. The summed E-state index contributed by atoms with van der Waals surface area (Å²) in [4.78, 5) is 20.2. The summed E-state index contributed by atoms with van der Waals surface area (Å²) in [7, 11) is 0. The van der Waals surface area contributed by atoms with Crippen LogP contribution in [0.15, 0.2) is 59.4 Å². The van der Waals surface area contributed by atoms with Crippen LogP contribution in [0, 0.1) is 0 Å². The zero-order valence-electron chi connectivity index (χ0n) is 12.9. The first-order chi connectivity index (χ1) is 11.3. The van der Waals surface area contributed by atoms with Gasteiger partial charge in [0.1, 0.15) is 5.82 Å². The molecule has 1 N–H and O–H groups in total. The van der Waals surface area contributed by atoms with Gasteiger partial charge in [0.05, 0.1) is 5.69 Å². The van der Waals surface area contributed by atoms with Crippen molar-refractivity contribution in [1.82, 2.24) is 9.97 Å². The maximum atomic E-state index is 12.4. The molecule has 1 heterocycles. The van der Waals surface area contributed by atoms with Crippen molar-refractivity contribution in [2.24, 2.45) is 0 Å². The zero-order chi connectivity index (χ0) is 15.6. The van der Waals surface area contributed by atoms with Gasteiger partial charge < -0.3 is 4.98 Å². The molecule has 0 unspecified atom stereocenters. The number of H-pyrrole nitrogens is 1. The Balaban J connectivity index is 1.89. The van der Waals surface area contributed by atoms with Crippen LogP contribution in [0.1, 0.15) is 24.1 Å². The molecule has 3 heteroatoms. The normalized spacial score (nSPS) is 13.6. The fourth-order valence-electron chi connectivity index (χ4n) is 3.29. The van der Waals surface area contributed by atoms with Crippen molar-refractivity contribution in [2.45, 2.75) is 25.7 Å². The van der Waals surface area contributed by atoms with E-state index in [0.29, 0.717) is 5.82 Å². The lowest BCUT2D eigenvalue weighted by atomic mass is 9.96. The third kappa shape index (κ3) is 2.59. The number of rotatable bonds is 2. The molecule has 0 saturated carbocycles. The Hall–Kier alpha value is -2.68. The molecule has 114 valence electrons. The second kappa shape index (κ2) is 5.84. The van der Waals surface area contributed by atoms with Gasteiger partial charge in [-0.15, -0.1) is 0 Å². The third-order valence-corrected chi connectivity index (χ3v) is 4.46. The third-order valence-electron chi connectivity index (χ3n) is 4.46. The van der Waals surface area contributed by atoms with E-state index in [9.17, 15) is 4.79 Å². The minimum Gasteiger partial charge on any atom is -0.306 e. The van der Waals surface area contributed by atoms with Crippen LogP contribution in [0.2, 0.25) is 0 Å². The van der Waals surface area contributed by atoms with Crippen LogP contribution in [0.4, 0.5) is 0 Å². The fraction of sp³-hybridized carbons (Fsp3) is 0.200. The quantitative estimate of drug-likeness (QED) is 0.778. The largest absolute Gasteiger partial charge is 0.306 e. The summed E-state index contributed by atoms with van der Waals surface area (Å²) < 4.78 is 0. The number of hydrogen-bond donors (Lipinski definition) is 1. The van der Waals surface area contributed by atoms with Crippen molar-refractivity contribution in [3.63, 3.8) is 0 Å². The summed E-state index contributed by atoms with van der Waals surface area (Å²) >= 11 is 0. The summed E-state index contributed by atoms with van der Waals surface area (Å²) in [5.41, 5.74) is 5.06. The monoisotopic (exact) mass is 302 g/mol. The predicted octanol–water partition coefficient (Wildman–Crippen LogP) is 3.98. The molecule has 1 aliphatic rings. The number of nitrogens with zero attached hydrogens (tertiary/aromatic N) is 1. The standard InChI is InChI=1S/C20H18N2O/c23-20-17-12-6-7-13-18(17)21-19(22-20)16-11-5-4-10-15(16)14-8-2-1-3-9-14/h1-5,8-11H,6-7,12-13H2,(H,21,22,23). The van der Waals surface area contributed by atoms with Crippen LogP contribution in [-0.2, 0) is 12.8 Å². The summed E-state index contributed by atoms with van der Waals surface area (Å²) in [6.45, 7) is 0. The van der Waals surface area contributed by atoms with Gasteiger partial charge in [0.15, 0.2) is 0 Å². The minimum atomic E-state index is 0.0209. The van der Waals surface area contributed by atoms with Gasteiger partial charge >= 0.3 is 0 Å². The second-order valence-corrected chi connectivity index (χ2v) is 5.96. The Morgan fingerprint density at radius 1 is 0.826 bits per heavy atom. The summed E-state index contributed by atoms with van der Waals surface area (Å²) in [5.74, 6) is 0.676. The van der Waals surface area contributed by atoms with E-state index in [0.717, 1.165) is 53.6 Å². The molecule has 0 radical (unpaired) electrons. The van der Waals surface area contributed by atoms with Gasteiger partial charge in [0.2, 0.25) is 0 Å². The molecular weight excluding hydrogens is 284 g/mol. The molecule has 3 nitrogen and oxygen atoms in total. The minimum absolute atomic E-state index is 0.0209. The maximum absolute atomic E-state index is 12.4. The van der Waals surface area contributed by atoms with Gasteiger partial charge in [-0.3, -0.25) is 4.79 Å². The molecule has 0 fully saturated rings. The van der Waals surface area contributed by atoms with Crippen molar-refractivity contribution in [2.75, 3.05) is 0 Å². The average molecular weight is 302 g/mol. The SMILES string of the molecule is O=c1[nH]c(-c2ccccc2-c2ccccc2)nc2c1CCCC2. The van der Waals surface area contributed by atoms with Gasteiger partial charge in [-0.25, -0.2) is 4.98 Å². The van der Waals surface area contributed by atoms with Gasteiger partial charge in [-0.1, -0.05) is 54.6 Å². The highest BCUT2D eigenvalue weighted by atomic mass is 16.1. The average Bonchev–Trinajstić information content (AvgIpc) is 2.62. The van der Waals surface area contributed by atoms with E-state index in [1.807, 2.05) is 36.4 Å². The molecule has 23 heavy (non-hydrogen) atoms. The molecule has 0 amide bonds. The van der Waals surface area contributed by atoms with Gasteiger partial charge in [0, 0.05) is 11.1 Å². The predicted molar refractivity (Wildman–Crippen MR) is 92.4 cm³/mol. The topological polar surface area (TPSA) is 45.8 Å². The number of hydrogen-bond acceptors (Lipinski definition) is 2. The highest BCUT2D eigenvalue weighted by Gasteiger charge is 2.17. The molecule has 0 aliphatic heterocycles. The highest BCUT2D eigenvalue weighted by molar-refractivity contribution is 5.80. The molecule has 4 rings (SSSR count). The van der Waals surface area contributed by atoms with Crippen molar-refractivity contribution < 1.29 is 0 Å². The smallest absolute Gasteiger partial charge is 0.254 e. The van der Waals surface area contributed by atoms with Crippen molar-refractivity contribution >= 4 is 0 Å². The number of aryl methyl sites for hydroxylation is 1.